The van der Waals surface area contributed by atoms with Gasteiger partial charge in [-0.2, -0.15) is 0 Å². The normalized spacial score (nSPS) is 14.5. The Morgan fingerprint density at radius 1 is 1.11 bits per heavy atom. The zero-order chi connectivity index (χ0) is 24.9. The fourth-order valence-corrected chi connectivity index (χ4v) is 4.43. The number of carbonyl (C=O) groups excluding carboxylic acids is 3. The first-order chi connectivity index (χ1) is 16.8. The van der Waals surface area contributed by atoms with E-state index in [2.05, 4.69) is 5.32 Å². The van der Waals surface area contributed by atoms with Crippen molar-refractivity contribution in [3.05, 3.63) is 99.2 Å². The van der Waals surface area contributed by atoms with Gasteiger partial charge in [0, 0.05) is 16.3 Å². The van der Waals surface area contributed by atoms with E-state index in [-0.39, 0.29) is 34.6 Å². The number of thioether (sulfide) groups is 1. The zero-order valence-electron chi connectivity index (χ0n) is 18.6. The van der Waals surface area contributed by atoms with Crippen molar-refractivity contribution in [1.29, 1.82) is 0 Å². The van der Waals surface area contributed by atoms with Crippen LogP contribution in [0.25, 0.3) is 6.08 Å². The minimum atomic E-state index is -0.586. The minimum Gasteiger partial charge on any atom is -0.484 e. The first-order valence-corrected chi connectivity index (χ1v) is 11.8. The Morgan fingerprint density at radius 2 is 1.89 bits per heavy atom. The molecule has 1 aliphatic rings. The summed E-state index contributed by atoms with van der Waals surface area (Å²) in [7, 11) is 0. The summed E-state index contributed by atoms with van der Waals surface area (Å²) in [5, 5.41) is 2.42. The lowest BCUT2D eigenvalue weighted by Gasteiger charge is -2.14. The maximum Gasteiger partial charge on any atom is 0.293 e. The fraction of sp³-hybridized carbons (Fsp3) is 0.115. The molecule has 0 atom stereocenters. The van der Waals surface area contributed by atoms with Gasteiger partial charge in [0.05, 0.1) is 11.4 Å². The van der Waals surface area contributed by atoms with Crippen LogP contribution >= 0.6 is 23.4 Å². The summed E-state index contributed by atoms with van der Waals surface area (Å²) in [5.41, 5.74) is 2.34. The number of hydrogen-bond donors (Lipinski definition) is 1. The van der Waals surface area contributed by atoms with Gasteiger partial charge < -0.3 is 10.1 Å². The van der Waals surface area contributed by atoms with Gasteiger partial charge in [0.15, 0.2) is 6.61 Å². The monoisotopic (exact) mass is 510 g/mol. The topological polar surface area (TPSA) is 75.7 Å². The summed E-state index contributed by atoms with van der Waals surface area (Å²) in [6.07, 6.45) is 1.55. The predicted octanol–water partition coefficient (Wildman–Crippen LogP) is 6.04. The molecule has 0 unspecified atom stereocenters. The Morgan fingerprint density at radius 3 is 2.66 bits per heavy atom. The molecule has 178 valence electrons. The van der Waals surface area contributed by atoms with Gasteiger partial charge in [0.2, 0.25) is 0 Å². The van der Waals surface area contributed by atoms with E-state index in [9.17, 15) is 18.8 Å². The van der Waals surface area contributed by atoms with Gasteiger partial charge in [0.25, 0.3) is 17.1 Å². The quantitative estimate of drug-likeness (QED) is 0.392. The molecule has 3 aromatic rings. The number of hydrogen-bond acceptors (Lipinski definition) is 5. The minimum absolute atomic E-state index is 0.0806. The Balaban J connectivity index is 1.42. The highest BCUT2D eigenvalue weighted by atomic mass is 35.5. The second-order valence-corrected chi connectivity index (χ2v) is 9.09. The number of ether oxygens (including phenoxy) is 1. The summed E-state index contributed by atoms with van der Waals surface area (Å²) < 4.78 is 19.7. The van der Waals surface area contributed by atoms with Crippen molar-refractivity contribution in [3.8, 4) is 5.75 Å². The van der Waals surface area contributed by atoms with Crippen LogP contribution in [0, 0.1) is 12.7 Å². The summed E-state index contributed by atoms with van der Waals surface area (Å²) >= 11 is 6.80. The lowest BCUT2D eigenvalue weighted by atomic mass is 10.2. The molecule has 1 heterocycles. The van der Waals surface area contributed by atoms with Crippen molar-refractivity contribution in [2.45, 2.75) is 13.5 Å². The first-order valence-electron chi connectivity index (χ1n) is 10.6. The average molecular weight is 511 g/mol. The molecule has 0 aromatic heterocycles. The van der Waals surface area contributed by atoms with E-state index in [4.69, 9.17) is 16.3 Å². The Labute approximate surface area is 210 Å². The van der Waals surface area contributed by atoms with Crippen LogP contribution in [0.15, 0.2) is 71.6 Å². The van der Waals surface area contributed by atoms with Crippen LogP contribution in [0.2, 0.25) is 5.02 Å². The number of halogens is 2. The molecule has 3 amide bonds. The van der Waals surface area contributed by atoms with E-state index in [1.807, 2.05) is 25.1 Å². The molecule has 1 saturated heterocycles. The Hall–Kier alpha value is -3.62. The maximum absolute atomic E-state index is 14.1. The van der Waals surface area contributed by atoms with Crippen LogP contribution in [-0.2, 0) is 16.1 Å². The lowest BCUT2D eigenvalue weighted by Crippen LogP contribution is -2.28. The molecule has 4 rings (SSSR count). The van der Waals surface area contributed by atoms with Crippen molar-refractivity contribution in [2.75, 3.05) is 11.9 Å². The lowest BCUT2D eigenvalue weighted by molar-refractivity contribution is -0.123. The number of para-hydroxylation sites is 1. The number of amides is 3. The highest BCUT2D eigenvalue weighted by Crippen LogP contribution is 2.35. The van der Waals surface area contributed by atoms with Crippen LogP contribution in [0.3, 0.4) is 0 Å². The van der Waals surface area contributed by atoms with E-state index in [0.717, 1.165) is 22.2 Å². The van der Waals surface area contributed by atoms with Crippen LogP contribution < -0.4 is 10.1 Å². The third-order valence-electron chi connectivity index (χ3n) is 5.20. The van der Waals surface area contributed by atoms with E-state index in [1.54, 1.807) is 36.4 Å². The fourth-order valence-electron chi connectivity index (χ4n) is 3.37. The van der Waals surface area contributed by atoms with Crippen molar-refractivity contribution in [3.63, 3.8) is 0 Å². The molecule has 1 aliphatic heterocycles. The number of imide groups is 1. The molecule has 9 heteroatoms. The molecule has 0 bridgehead atoms. The maximum atomic E-state index is 14.1. The SMILES string of the molecule is Cc1ccccc1NC(=O)COc1cccc(/C=C2\SC(=O)N(Cc3c(F)cccc3Cl)C2=O)c1. The third kappa shape index (κ3) is 5.90. The van der Waals surface area contributed by atoms with Crippen LogP contribution in [0.4, 0.5) is 14.9 Å². The zero-order valence-corrected chi connectivity index (χ0v) is 20.2. The van der Waals surface area contributed by atoms with E-state index in [1.165, 1.54) is 18.2 Å². The van der Waals surface area contributed by atoms with Crippen molar-refractivity contribution in [2.24, 2.45) is 0 Å². The summed E-state index contributed by atoms with van der Waals surface area (Å²) in [6.45, 7) is 1.44. The molecule has 0 aliphatic carbocycles. The standard InChI is InChI=1S/C26H20ClFN2O4S/c1-16-6-2-3-11-22(16)29-24(31)15-34-18-8-4-7-17(12-18)13-23-25(32)30(26(33)35-23)14-19-20(27)9-5-10-21(19)28/h2-13H,14-15H2,1H3,(H,29,31)/b23-13-. The van der Waals surface area contributed by atoms with Gasteiger partial charge in [0.1, 0.15) is 11.6 Å². The Kier molecular flexibility index (Phi) is 7.53. The molecule has 35 heavy (non-hydrogen) atoms. The van der Waals surface area contributed by atoms with Crippen molar-refractivity contribution >= 4 is 52.2 Å². The molecule has 0 saturated carbocycles. The Bertz CT molecular complexity index is 1320. The van der Waals surface area contributed by atoms with Gasteiger partial charge >= 0.3 is 0 Å². The number of aryl methyl sites for hydroxylation is 1. The number of anilines is 1. The van der Waals surface area contributed by atoms with Crippen LogP contribution in [0.1, 0.15) is 16.7 Å². The molecule has 1 fully saturated rings. The van der Waals surface area contributed by atoms with Crippen molar-refractivity contribution in [1.82, 2.24) is 4.90 Å². The number of carbonyl (C=O) groups is 3. The van der Waals surface area contributed by atoms with E-state index in [0.29, 0.717) is 17.0 Å². The highest BCUT2D eigenvalue weighted by molar-refractivity contribution is 8.18. The summed E-state index contributed by atoms with van der Waals surface area (Å²) in [6, 6.07) is 18.4. The van der Waals surface area contributed by atoms with Crippen LogP contribution in [-0.4, -0.2) is 28.6 Å². The number of nitrogens with one attached hydrogen (secondary N) is 1. The molecular formula is C26H20ClFN2O4S. The largest absolute Gasteiger partial charge is 0.484 e. The molecule has 3 aromatic carbocycles. The average Bonchev–Trinajstić information content (AvgIpc) is 3.09. The highest BCUT2D eigenvalue weighted by Gasteiger charge is 2.35. The third-order valence-corrected chi connectivity index (χ3v) is 6.46. The number of rotatable bonds is 7. The van der Waals surface area contributed by atoms with E-state index < -0.39 is 17.0 Å². The summed E-state index contributed by atoms with van der Waals surface area (Å²) in [5.74, 6) is -1.01. The first kappa shape index (κ1) is 24.5. The summed E-state index contributed by atoms with van der Waals surface area (Å²) in [4.78, 5) is 38.6. The van der Waals surface area contributed by atoms with Gasteiger partial charge in [-0.1, -0.05) is 48.0 Å². The smallest absolute Gasteiger partial charge is 0.293 e. The predicted molar refractivity (Wildman–Crippen MR) is 135 cm³/mol. The van der Waals surface area contributed by atoms with Crippen LogP contribution in [0.5, 0.6) is 5.75 Å². The second-order valence-electron chi connectivity index (χ2n) is 7.69. The molecule has 6 nitrogen and oxygen atoms in total. The molecule has 1 N–H and O–H groups in total. The molecule has 0 radical (unpaired) electrons. The number of nitrogens with zero attached hydrogens (tertiary/aromatic N) is 1. The van der Waals surface area contributed by atoms with Gasteiger partial charge in [-0.05, 0) is 66.2 Å². The molecular weight excluding hydrogens is 491 g/mol. The molecule has 0 spiro atoms. The second kappa shape index (κ2) is 10.8. The van der Waals surface area contributed by atoms with E-state index >= 15 is 0 Å². The number of benzene rings is 3. The van der Waals surface area contributed by atoms with Gasteiger partial charge in [-0.3, -0.25) is 19.3 Å². The van der Waals surface area contributed by atoms with Gasteiger partial charge in [-0.15, -0.1) is 0 Å². The van der Waals surface area contributed by atoms with Crippen molar-refractivity contribution < 1.29 is 23.5 Å². The van der Waals surface area contributed by atoms with Gasteiger partial charge in [-0.25, -0.2) is 4.39 Å².